The lowest BCUT2D eigenvalue weighted by molar-refractivity contribution is 0.0667. The van der Waals surface area contributed by atoms with Crippen LogP contribution >= 0.6 is 0 Å². The average molecular weight is 246 g/mol. The summed E-state index contributed by atoms with van der Waals surface area (Å²) in [6.45, 7) is 4.24. The number of hydrogen-bond donors (Lipinski definition) is 2. The van der Waals surface area contributed by atoms with Crippen molar-refractivity contribution in [1.82, 2.24) is 9.88 Å². The topological polar surface area (TPSA) is 56.3 Å². The van der Waals surface area contributed by atoms with E-state index in [1.807, 2.05) is 44.3 Å². The highest BCUT2D eigenvalue weighted by Gasteiger charge is 2.20. The van der Waals surface area contributed by atoms with E-state index < -0.39 is 0 Å². The monoisotopic (exact) mass is 246 g/mol. The fourth-order valence-electron chi connectivity index (χ4n) is 2.13. The van der Waals surface area contributed by atoms with Crippen LogP contribution in [-0.2, 0) is 0 Å². The van der Waals surface area contributed by atoms with Gasteiger partial charge in [-0.05, 0) is 32.0 Å². The second-order valence-corrected chi connectivity index (χ2v) is 4.56. The van der Waals surface area contributed by atoms with Gasteiger partial charge in [-0.25, -0.2) is 0 Å². The van der Waals surface area contributed by atoms with E-state index in [4.69, 9.17) is 5.11 Å². The molecule has 2 N–H and O–H groups in total. The predicted molar refractivity (Wildman–Crippen MR) is 71.6 cm³/mol. The number of nitrogens with zero attached hydrogens (tertiary/aromatic N) is 1. The van der Waals surface area contributed by atoms with Crippen LogP contribution in [0.25, 0.3) is 10.9 Å². The molecule has 96 valence electrons. The van der Waals surface area contributed by atoms with Crippen molar-refractivity contribution in [2.75, 3.05) is 13.2 Å². The maximum Gasteiger partial charge on any atom is 0.254 e. The number of amides is 1. The van der Waals surface area contributed by atoms with Crippen molar-refractivity contribution in [3.63, 3.8) is 0 Å². The van der Waals surface area contributed by atoms with Crippen molar-refractivity contribution in [2.45, 2.75) is 19.9 Å². The molecule has 2 aromatic rings. The molecule has 0 aliphatic heterocycles. The van der Waals surface area contributed by atoms with Gasteiger partial charge in [-0.1, -0.05) is 6.07 Å². The first-order valence-electron chi connectivity index (χ1n) is 6.13. The smallest absolute Gasteiger partial charge is 0.254 e. The third-order valence-corrected chi connectivity index (χ3v) is 3.05. The van der Waals surface area contributed by atoms with Crippen LogP contribution in [0.3, 0.4) is 0 Å². The lowest BCUT2D eigenvalue weighted by atomic mass is 10.1. The van der Waals surface area contributed by atoms with Gasteiger partial charge in [0.25, 0.3) is 5.91 Å². The molecule has 0 aliphatic rings. The molecule has 2 rings (SSSR count). The van der Waals surface area contributed by atoms with Crippen LogP contribution in [0.4, 0.5) is 0 Å². The molecule has 0 atom stereocenters. The van der Waals surface area contributed by atoms with Gasteiger partial charge in [0.05, 0.1) is 6.61 Å². The van der Waals surface area contributed by atoms with Gasteiger partial charge in [-0.15, -0.1) is 0 Å². The number of carbonyl (C=O) groups excluding carboxylic acids is 1. The van der Waals surface area contributed by atoms with E-state index in [9.17, 15) is 4.79 Å². The third kappa shape index (κ3) is 2.24. The Kier molecular flexibility index (Phi) is 3.67. The summed E-state index contributed by atoms with van der Waals surface area (Å²) in [5.74, 6) is -0.0377. The Morgan fingerprint density at radius 3 is 2.83 bits per heavy atom. The minimum Gasteiger partial charge on any atom is -0.395 e. The normalized spacial score (nSPS) is 11.1. The fraction of sp³-hybridized carbons (Fsp3) is 0.357. The van der Waals surface area contributed by atoms with Crippen LogP contribution < -0.4 is 0 Å². The molecule has 0 fully saturated rings. The summed E-state index contributed by atoms with van der Waals surface area (Å²) >= 11 is 0. The highest BCUT2D eigenvalue weighted by molar-refractivity contribution is 6.06. The van der Waals surface area contributed by atoms with Crippen molar-refractivity contribution in [3.8, 4) is 0 Å². The van der Waals surface area contributed by atoms with Gasteiger partial charge in [0.15, 0.2) is 0 Å². The van der Waals surface area contributed by atoms with Gasteiger partial charge in [0, 0.05) is 35.2 Å². The Labute approximate surface area is 106 Å². The van der Waals surface area contributed by atoms with Crippen LogP contribution in [0.5, 0.6) is 0 Å². The van der Waals surface area contributed by atoms with Crippen LogP contribution in [0.1, 0.15) is 24.2 Å². The average Bonchev–Trinajstić information content (AvgIpc) is 2.82. The number of H-pyrrole nitrogens is 1. The number of benzene rings is 1. The molecule has 0 saturated carbocycles. The van der Waals surface area contributed by atoms with E-state index in [2.05, 4.69) is 4.98 Å². The Morgan fingerprint density at radius 2 is 2.17 bits per heavy atom. The summed E-state index contributed by atoms with van der Waals surface area (Å²) < 4.78 is 0. The number of aromatic nitrogens is 1. The molecule has 0 radical (unpaired) electrons. The third-order valence-electron chi connectivity index (χ3n) is 3.05. The summed E-state index contributed by atoms with van der Waals surface area (Å²) in [5.41, 5.74) is 1.63. The van der Waals surface area contributed by atoms with Crippen LogP contribution in [0.2, 0.25) is 0 Å². The van der Waals surface area contributed by atoms with Crippen LogP contribution in [0.15, 0.2) is 30.5 Å². The summed E-state index contributed by atoms with van der Waals surface area (Å²) in [6.07, 6.45) is 1.83. The zero-order valence-electron chi connectivity index (χ0n) is 10.7. The van der Waals surface area contributed by atoms with Crippen molar-refractivity contribution >= 4 is 16.8 Å². The summed E-state index contributed by atoms with van der Waals surface area (Å²) in [7, 11) is 0. The summed E-state index contributed by atoms with van der Waals surface area (Å²) in [5, 5.41) is 9.98. The van der Waals surface area contributed by atoms with Crippen LogP contribution in [0, 0.1) is 0 Å². The summed E-state index contributed by atoms with van der Waals surface area (Å²) in [4.78, 5) is 17.3. The van der Waals surface area contributed by atoms with E-state index in [1.54, 1.807) is 4.90 Å². The van der Waals surface area contributed by atoms with E-state index in [0.29, 0.717) is 12.1 Å². The van der Waals surface area contributed by atoms with Crippen LogP contribution in [-0.4, -0.2) is 40.1 Å². The largest absolute Gasteiger partial charge is 0.395 e. The fourth-order valence-corrected chi connectivity index (χ4v) is 2.13. The molecule has 4 nitrogen and oxygen atoms in total. The van der Waals surface area contributed by atoms with Crippen molar-refractivity contribution < 1.29 is 9.90 Å². The van der Waals surface area contributed by atoms with E-state index in [1.165, 1.54) is 0 Å². The first kappa shape index (κ1) is 12.6. The Hall–Kier alpha value is -1.81. The van der Waals surface area contributed by atoms with Crippen molar-refractivity contribution in [2.24, 2.45) is 0 Å². The molecule has 4 heteroatoms. The number of carbonyl (C=O) groups is 1. The highest BCUT2D eigenvalue weighted by atomic mass is 16.3. The number of fused-ring (bicyclic) bond motifs is 1. The van der Waals surface area contributed by atoms with Crippen molar-refractivity contribution in [3.05, 3.63) is 36.0 Å². The van der Waals surface area contributed by atoms with Gasteiger partial charge in [0.2, 0.25) is 0 Å². The van der Waals surface area contributed by atoms with Crippen molar-refractivity contribution in [1.29, 1.82) is 0 Å². The molecule has 0 saturated heterocycles. The molecule has 1 heterocycles. The number of rotatable bonds is 4. The number of hydrogen-bond acceptors (Lipinski definition) is 2. The first-order chi connectivity index (χ1) is 8.65. The maximum absolute atomic E-state index is 12.5. The van der Waals surface area contributed by atoms with Gasteiger partial charge in [-0.3, -0.25) is 4.79 Å². The van der Waals surface area contributed by atoms with E-state index in [0.717, 1.165) is 10.9 Å². The molecule has 1 aromatic heterocycles. The van der Waals surface area contributed by atoms with Gasteiger partial charge >= 0.3 is 0 Å². The second-order valence-electron chi connectivity index (χ2n) is 4.56. The lowest BCUT2D eigenvalue weighted by Gasteiger charge is -2.26. The number of aromatic amines is 1. The molecular formula is C14H18N2O2. The molecule has 0 spiro atoms. The van der Waals surface area contributed by atoms with E-state index in [-0.39, 0.29) is 18.6 Å². The molecule has 0 unspecified atom stereocenters. The Balaban J connectivity index is 2.40. The highest BCUT2D eigenvalue weighted by Crippen LogP contribution is 2.19. The molecule has 1 amide bonds. The van der Waals surface area contributed by atoms with Gasteiger partial charge in [0.1, 0.15) is 0 Å². The first-order valence-corrected chi connectivity index (χ1v) is 6.13. The minimum absolute atomic E-state index is 0.0208. The lowest BCUT2D eigenvalue weighted by Crippen LogP contribution is -2.39. The standard InChI is InChI=1S/C14H18N2O2/c1-10(2)16(8-9-17)14(18)12-4-3-5-13-11(12)6-7-15-13/h3-7,10,15,17H,8-9H2,1-2H3. The molecule has 1 aromatic carbocycles. The predicted octanol–water partition coefficient (Wildman–Crippen LogP) is 2.01. The minimum atomic E-state index is -0.0377. The molecular weight excluding hydrogens is 228 g/mol. The molecule has 18 heavy (non-hydrogen) atoms. The quantitative estimate of drug-likeness (QED) is 0.867. The van der Waals surface area contributed by atoms with E-state index >= 15 is 0 Å². The van der Waals surface area contributed by atoms with Gasteiger partial charge in [-0.2, -0.15) is 0 Å². The molecule has 0 bridgehead atoms. The zero-order chi connectivity index (χ0) is 13.1. The second kappa shape index (κ2) is 5.23. The number of aliphatic hydroxyl groups is 1. The summed E-state index contributed by atoms with van der Waals surface area (Å²) in [6, 6.07) is 7.60. The van der Waals surface area contributed by atoms with Gasteiger partial charge < -0.3 is 15.0 Å². The number of nitrogens with one attached hydrogen (secondary N) is 1. The zero-order valence-corrected chi connectivity index (χ0v) is 10.7. The Bertz CT molecular complexity index is 545. The number of aliphatic hydroxyl groups excluding tert-OH is 1. The maximum atomic E-state index is 12.5. The SMILES string of the molecule is CC(C)N(CCO)C(=O)c1cccc2[nH]ccc12. The Morgan fingerprint density at radius 1 is 1.39 bits per heavy atom. The molecule has 0 aliphatic carbocycles.